The fourth-order valence-corrected chi connectivity index (χ4v) is 6.36. The number of hydrogen-bond acceptors (Lipinski definition) is 4. The molecule has 0 aromatic heterocycles. The number of amides is 2. The van der Waals surface area contributed by atoms with Gasteiger partial charge in [0.15, 0.2) is 0 Å². The van der Waals surface area contributed by atoms with E-state index in [1.54, 1.807) is 4.90 Å². The van der Waals surface area contributed by atoms with Gasteiger partial charge in [-0.1, -0.05) is 72.8 Å². The Bertz CT molecular complexity index is 1660. The molecule has 7 heteroatoms. The van der Waals surface area contributed by atoms with Crippen molar-refractivity contribution in [1.29, 1.82) is 0 Å². The van der Waals surface area contributed by atoms with Crippen LogP contribution in [0.3, 0.4) is 0 Å². The molecule has 1 saturated heterocycles. The lowest BCUT2D eigenvalue weighted by atomic mass is 9.90. The lowest BCUT2D eigenvalue weighted by Crippen LogP contribution is -2.35. The van der Waals surface area contributed by atoms with Crippen molar-refractivity contribution < 1.29 is 19.5 Å². The van der Waals surface area contributed by atoms with Crippen LogP contribution >= 0.6 is 0 Å². The predicted molar refractivity (Wildman–Crippen MR) is 182 cm³/mol. The molecular formula is C39H41N3O4. The van der Waals surface area contributed by atoms with E-state index >= 15 is 0 Å². The van der Waals surface area contributed by atoms with Gasteiger partial charge >= 0.3 is 5.97 Å². The maximum Gasteiger partial charge on any atom is 0.305 e. The molecule has 1 aliphatic heterocycles. The second-order valence-corrected chi connectivity index (χ2v) is 12.6. The molecule has 0 atom stereocenters. The number of anilines is 2. The molecule has 1 saturated carbocycles. The van der Waals surface area contributed by atoms with E-state index in [-0.39, 0.29) is 30.7 Å². The van der Waals surface area contributed by atoms with Gasteiger partial charge in [0.25, 0.3) is 5.91 Å². The molecule has 0 unspecified atom stereocenters. The van der Waals surface area contributed by atoms with Gasteiger partial charge in [-0.3, -0.25) is 14.4 Å². The number of benzene rings is 4. The predicted octanol–water partition coefficient (Wildman–Crippen LogP) is 7.28. The topological polar surface area (TPSA) is 89.9 Å². The first-order valence-corrected chi connectivity index (χ1v) is 16.3. The zero-order valence-corrected chi connectivity index (χ0v) is 26.1. The summed E-state index contributed by atoms with van der Waals surface area (Å²) in [4.78, 5) is 41.6. The lowest BCUT2D eigenvalue weighted by molar-refractivity contribution is -0.139. The van der Waals surface area contributed by atoms with Crippen molar-refractivity contribution in [3.8, 4) is 11.1 Å². The van der Waals surface area contributed by atoms with Crippen LogP contribution in [-0.2, 0) is 22.6 Å². The molecule has 4 aromatic carbocycles. The molecule has 46 heavy (non-hydrogen) atoms. The Morgan fingerprint density at radius 3 is 2.13 bits per heavy atom. The van der Waals surface area contributed by atoms with Crippen molar-refractivity contribution in [2.75, 3.05) is 29.9 Å². The van der Waals surface area contributed by atoms with Crippen LogP contribution in [0.4, 0.5) is 11.4 Å². The largest absolute Gasteiger partial charge is 0.481 e. The summed E-state index contributed by atoms with van der Waals surface area (Å²) >= 11 is 0. The first kappa shape index (κ1) is 31.1. The van der Waals surface area contributed by atoms with E-state index < -0.39 is 5.97 Å². The first-order valence-electron chi connectivity index (χ1n) is 16.3. The minimum atomic E-state index is -0.909. The van der Waals surface area contributed by atoms with E-state index in [4.69, 9.17) is 0 Å². The van der Waals surface area contributed by atoms with Gasteiger partial charge in [-0.15, -0.1) is 0 Å². The maximum atomic E-state index is 13.4. The normalized spacial score (nSPS) is 14.9. The van der Waals surface area contributed by atoms with Crippen molar-refractivity contribution in [1.82, 2.24) is 4.90 Å². The summed E-state index contributed by atoms with van der Waals surface area (Å²) in [6, 6.07) is 34.2. The van der Waals surface area contributed by atoms with E-state index in [0.717, 1.165) is 73.3 Å². The van der Waals surface area contributed by atoms with Crippen LogP contribution in [0.5, 0.6) is 0 Å². The summed E-state index contributed by atoms with van der Waals surface area (Å²) in [5, 5.41) is 12.4. The minimum Gasteiger partial charge on any atom is -0.481 e. The van der Waals surface area contributed by atoms with Crippen LogP contribution in [0.25, 0.3) is 11.1 Å². The Morgan fingerprint density at radius 2 is 1.43 bits per heavy atom. The van der Waals surface area contributed by atoms with Gasteiger partial charge in [0, 0.05) is 37.7 Å². The van der Waals surface area contributed by atoms with Gasteiger partial charge in [-0.05, 0) is 90.6 Å². The second-order valence-electron chi connectivity index (χ2n) is 12.6. The number of nitrogens with one attached hydrogen (secondary N) is 1. The molecule has 0 bridgehead atoms. The van der Waals surface area contributed by atoms with Crippen LogP contribution in [0.15, 0.2) is 103 Å². The van der Waals surface area contributed by atoms with Crippen molar-refractivity contribution in [2.24, 2.45) is 11.8 Å². The zero-order valence-electron chi connectivity index (χ0n) is 26.1. The number of piperidine rings is 1. The number of rotatable bonds is 12. The highest BCUT2D eigenvalue weighted by molar-refractivity contribution is 6.06. The van der Waals surface area contributed by atoms with Gasteiger partial charge in [0.1, 0.15) is 0 Å². The molecule has 6 rings (SSSR count). The summed E-state index contributed by atoms with van der Waals surface area (Å²) in [6.45, 7) is 2.40. The highest BCUT2D eigenvalue weighted by Gasteiger charge is 2.33. The third kappa shape index (κ3) is 8.02. The monoisotopic (exact) mass is 615 g/mol. The SMILES string of the molecule is O=C(O)CCN(Cc1cccc(-c2ccc(N3CCC(Cc4ccccc4)CC3)c(NC(=O)c3ccccc3)c2)c1)C(=O)C1CC1. The number of nitrogens with zero attached hydrogens (tertiary/aromatic N) is 2. The van der Waals surface area contributed by atoms with Crippen molar-refractivity contribution in [2.45, 2.75) is 45.1 Å². The van der Waals surface area contributed by atoms with E-state index in [9.17, 15) is 19.5 Å². The van der Waals surface area contributed by atoms with Gasteiger partial charge in [0.2, 0.25) is 5.91 Å². The number of carboxylic acid groups (broad SMARTS) is 1. The number of carbonyl (C=O) groups excluding carboxylic acids is 2. The standard InChI is InChI=1S/C39H41N3O4/c43-37(44)20-23-42(39(46)32-14-15-32)27-30-10-7-13-33(25-30)34-16-17-36(35(26-34)40-38(45)31-11-5-2-6-12-31)41-21-18-29(19-22-41)24-28-8-3-1-4-9-28/h1-13,16-17,25-26,29,32H,14-15,18-24,27H2,(H,40,45)(H,43,44). The van der Waals surface area contributed by atoms with Crippen molar-refractivity contribution >= 4 is 29.2 Å². The summed E-state index contributed by atoms with van der Waals surface area (Å²) in [6.07, 6.45) is 4.93. The fraction of sp³-hybridized carbons (Fsp3) is 0.308. The summed E-state index contributed by atoms with van der Waals surface area (Å²) in [5.41, 5.74) is 6.63. The summed E-state index contributed by atoms with van der Waals surface area (Å²) in [5.74, 6) is -0.379. The zero-order chi connectivity index (χ0) is 31.9. The van der Waals surface area contributed by atoms with Crippen LogP contribution in [0, 0.1) is 11.8 Å². The Labute approximate surface area is 270 Å². The Kier molecular flexibility index (Phi) is 9.77. The lowest BCUT2D eigenvalue weighted by Gasteiger charge is -2.35. The number of aliphatic carboxylic acids is 1. The van der Waals surface area contributed by atoms with Gasteiger partial charge < -0.3 is 20.2 Å². The van der Waals surface area contributed by atoms with E-state index in [0.29, 0.717) is 18.0 Å². The van der Waals surface area contributed by atoms with Crippen LogP contribution in [0.2, 0.25) is 0 Å². The van der Waals surface area contributed by atoms with Crippen LogP contribution in [-0.4, -0.2) is 47.4 Å². The highest BCUT2D eigenvalue weighted by atomic mass is 16.4. The summed E-state index contributed by atoms with van der Waals surface area (Å²) < 4.78 is 0. The molecule has 2 amide bonds. The summed E-state index contributed by atoms with van der Waals surface area (Å²) in [7, 11) is 0. The molecule has 1 aliphatic carbocycles. The average Bonchev–Trinajstić information content (AvgIpc) is 3.94. The van der Waals surface area contributed by atoms with E-state index in [2.05, 4.69) is 58.7 Å². The molecule has 2 N–H and O–H groups in total. The van der Waals surface area contributed by atoms with Gasteiger partial charge in [0.05, 0.1) is 17.8 Å². The number of carboxylic acids is 1. The Hall–Kier alpha value is -4.91. The Morgan fingerprint density at radius 1 is 0.761 bits per heavy atom. The smallest absolute Gasteiger partial charge is 0.305 e. The second kappa shape index (κ2) is 14.5. The van der Waals surface area contributed by atoms with Gasteiger partial charge in [-0.2, -0.15) is 0 Å². The molecule has 4 aromatic rings. The van der Waals surface area contributed by atoms with E-state index in [1.807, 2.05) is 54.6 Å². The average molecular weight is 616 g/mol. The number of hydrogen-bond donors (Lipinski definition) is 2. The quantitative estimate of drug-likeness (QED) is 0.175. The molecule has 7 nitrogen and oxygen atoms in total. The van der Waals surface area contributed by atoms with Crippen LogP contribution < -0.4 is 10.2 Å². The van der Waals surface area contributed by atoms with Crippen molar-refractivity contribution in [3.63, 3.8) is 0 Å². The van der Waals surface area contributed by atoms with Crippen LogP contribution in [0.1, 0.15) is 53.6 Å². The highest BCUT2D eigenvalue weighted by Crippen LogP contribution is 2.36. The third-order valence-electron chi connectivity index (χ3n) is 9.07. The molecule has 0 radical (unpaired) electrons. The van der Waals surface area contributed by atoms with Crippen molar-refractivity contribution in [3.05, 3.63) is 120 Å². The number of carbonyl (C=O) groups is 3. The maximum absolute atomic E-state index is 13.4. The first-order chi connectivity index (χ1) is 22.4. The van der Waals surface area contributed by atoms with E-state index in [1.165, 1.54) is 5.56 Å². The third-order valence-corrected chi connectivity index (χ3v) is 9.07. The molecule has 236 valence electrons. The molecule has 1 heterocycles. The molecule has 2 aliphatic rings. The molecular weight excluding hydrogens is 574 g/mol. The minimum absolute atomic E-state index is 0.0173. The molecule has 0 spiro atoms. The Balaban J connectivity index is 1.23. The van der Waals surface area contributed by atoms with Gasteiger partial charge in [-0.25, -0.2) is 0 Å². The molecule has 2 fully saturated rings. The fourth-order valence-electron chi connectivity index (χ4n) is 6.36.